The lowest BCUT2D eigenvalue weighted by Crippen LogP contribution is -2.47. The zero-order valence-corrected chi connectivity index (χ0v) is 20.9. The average molecular weight is 467 g/mol. The minimum atomic E-state index is -0.277. The van der Waals surface area contributed by atoms with Crippen LogP contribution in [0.25, 0.3) is 0 Å². The number of ketones is 1. The Morgan fingerprint density at radius 1 is 0.886 bits per heavy atom. The van der Waals surface area contributed by atoms with E-state index in [1.54, 1.807) is 0 Å². The van der Waals surface area contributed by atoms with Crippen LogP contribution in [0.1, 0.15) is 42.4 Å². The van der Waals surface area contributed by atoms with E-state index < -0.39 is 0 Å². The Hall–Kier alpha value is -3.40. The Balaban J connectivity index is 1.53. The van der Waals surface area contributed by atoms with Crippen LogP contribution in [-0.2, 0) is 15.0 Å². The molecule has 1 heterocycles. The van der Waals surface area contributed by atoms with Crippen molar-refractivity contribution in [2.45, 2.75) is 31.1 Å². The molecule has 1 unspecified atom stereocenters. The summed E-state index contributed by atoms with van der Waals surface area (Å²) in [6.45, 7) is 3.11. The van der Waals surface area contributed by atoms with Crippen molar-refractivity contribution in [2.24, 2.45) is 11.8 Å². The number of anilines is 1. The highest BCUT2D eigenvalue weighted by Crippen LogP contribution is 2.52. The number of hydrogen-bond donors (Lipinski definition) is 0. The predicted molar refractivity (Wildman–Crippen MR) is 141 cm³/mol. The molecular formula is C31H34N2O2. The number of carbonyl (C=O) groups is 2. The Kier molecular flexibility index (Phi) is 6.22. The van der Waals surface area contributed by atoms with Crippen molar-refractivity contribution in [3.05, 3.63) is 102 Å². The summed E-state index contributed by atoms with van der Waals surface area (Å²) >= 11 is 0. The van der Waals surface area contributed by atoms with Crippen molar-refractivity contribution < 1.29 is 9.59 Å². The molecule has 0 radical (unpaired) electrons. The van der Waals surface area contributed by atoms with E-state index in [0.717, 1.165) is 17.7 Å². The van der Waals surface area contributed by atoms with E-state index in [0.29, 0.717) is 25.3 Å². The molecule has 1 amide bonds. The number of fused-ring (bicyclic) bond motifs is 1. The maximum atomic E-state index is 13.9. The van der Waals surface area contributed by atoms with Crippen LogP contribution in [0.2, 0.25) is 0 Å². The molecule has 4 nitrogen and oxygen atoms in total. The molecule has 0 aromatic heterocycles. The first-order valence-corrected chi connectivity index (χ1v) is 12.6. The maximum absolute atomic E-state index is 13.9. The van der Waals surface area contributed by atoms with Gasteiger partial charge in [-0.25, -0.2) is 0 Å². The van der Waals surface area contributed by atoms with Crippen molar-refractivity contribution >= 4 is 17.4 Å². The second-order valence-electron chi connectivity index (χ2n) is 10.3. The molecule has 2 fully saturated rings. The number of Topliss-reactive ketones (excluding diaryl/α,β-unsaturated/α-hetero) is 1. The zero-order valence-electron chi connectivity index (χ0n) is 20.9. The molecule has 35 heavy (non-hydrogen) atoms. The fraction of sp³-hybridized carbons (Fsp3) is 0.355. The monoisotopic (exact) mass is 466 g/mol. The Morgan fingerprint density at radius 2 is 1.46 bits per heavy atom. The van der Waals surface area contributed by atoms with Crippen molar-refractivity contribution in [2.75, 3.05) is 32.1 Å². The zero-order chi connectivity index (χ0) is 24.6. The minimum absolute atomic E-state index is 0.0637. The number of hydrogen-bond acceptors (Lipinski definition) is 3. The summed E-state index contributed by atoms with van der Waals surface area (Å²) in [5.41, 5.74) is 4.30. The molecule has 2 aliphatic rings. The number of carbonyl (C=O) groups excluding carboxylic acids is 2. The molecular weight excluding hydrogens is 432 g/mol. The summed E-state index contributed by atoms with van der Waals surface area (Å²) in [5.74, 6) is 0.0653. The lowest BCUT2D eigenvalue weighted by molar-refractivity contribution is -0.131. The van der Waals surface area contributed by atoms with E-state index in [1.165, 1.54) is 11.1 Å². The molecule has 3 atom stereocenters. The molecule has 180 valence electrons. The summed E-state index contributed by atoms with van der Waals surface area (Å²) in [6, 6.07) is 29.3. The van der Waals surface area contributed by atoms with Crippen LogP contribution in [-0.4, -0.2) is 43.8 Å². The smallest absolute Gasteiger partial charge is 0.229 e. The molecule has 3 aromatic rings. The predicted octanol–water partition coefficient (Wildman–Crippen LogP) is 5.28. The van der Waals surface area contributed by atoms with E-state index in [9.17, 15) is 9.59 Å². The number of para-hydroxylation sites is 1. The van der Waals surface area contributed by atoms with Crippen LogP contribution in [0.4, 0.5) is 5.69 Å². The van der Waals surface area contributed by atoms with Crippen molar-refractivity contribution in [1.82, 2.24) is 4.90 Å². The largest absolute Gasteiger partial charge is 0.377 e. The van der Waals surface area contributed by atoms with Gasteiger partial charge < -0.3 is 9.80 Å². The van der Waals surface area contributed by atoms with Gasteiger partial charge in [-0.15, -0.1) is 0 Å². The topological polar surface area (TPSA) is 40.6 Å². The van der Waals surface area contributed by atoms with Crippen LogP contribution in [0, 0.1) is 11.8 Å². The Bertz CT molecular complexity index is 1170. The van der Waals surface area contributed by atoms with Gasteiger partial charge in [0.1, 0.15) is 5.78 Å². The molecule has 0 N–H and O–H groups in total. The molecule has 5 rings (SSSR count). The lowest BCUT2D eigenvalue weighted by Gasteiger charge is -2.45. The van der Waals surface area contributed by atoms with Crippen LogP contribution in [0.3, 0.4) is 0 Å². The van der Waals surface area contributed by atoms with Gasteiger partial charge in [-0.2, -0.15) is 0 Å². The van der Waals surface area contributed by atoms with Crippen LogP contribution >= 0.6 is 0 Å². The van der Waals surface area contributed by atoms with Gasteiger partial charge in [-0.3, -0.25) is 9.59 Å². The number of amides is 1. The van der Waals surface area contributed by atoms with Gasteiger partial charge in [0.2, 0.25) is 5.91 Å². The first kappa shape index (κ1) is 23.3. The van der Waals surface area contributed by atoms with Crippen molar-refractivity contribution in [1.29, 1.82) is 0 Å². The molecule has 4 heteroatoms. The first-order valence-electron chi connectivity index (χ1n) is 12.6. The summed E-state index contributed by atoms with van der Waals surface area (Å²) in [4.78, 5) is 31.1. The number of likely N-dealkylation sites (tertiary alicyclic amines) is 1. The quantitative estimate of drug-likeness (QED) is 0.514. The van der Waals surface area contributed by atoms with E-state index in [1.807, 2.05) is 56.3 Å². The average Bonchev–Trinajstić information content (AvgIpc) is 3.36. The third-order valence-corrected chi connectivity index (χ3v) is 8.28. The van der Waals surface area contributed by atoms with Crippen LogP contribution in [0.5, 0.6) is 0 Å². The maximum Gasteiger partial charge on any atom is 0.229 e. The van der Waals surface area contributed by atoms with Gasteiger partial charge in [0.25, 0.3) is 0 Å². The van der Waals surface area contributed by atoms with Gasteiger partial charge in [0, 0.05) is 56.5 Å². The first-order chi connectivity index (χ1) is 16.9. The number of rotatable bonds is 5. The summed E-state index contributed by atoms with van der Waals surface area (Å²) in [7, 11) is 4.01. The summed E-state index contributed by atoms with van der Waals surface area (Å²) in [6.07, 6.45) is 1.33. The van der Waals surface area contributed by atoms with Crippen LogP contribution in [0.15, 0.2) is 84.9 Å². The molecule has 1 aliphatic heterocycles. The van der Waals surface area contributed by atoms with Gasteiger partial charge in [0.05, 0.1) is 5.92 Å². The van der Waals surface area contributed by atoms with Gasteiger partial charge in [0.15, 0.2) is 0 Å². The summed E-state index contributed by atoms with van der Waals surface area (Å²) in [5, 5.41) is 0. The molecule has 0 spiro atoms. The van der Waals surface area contributed by atoms with E-state index in [4.69, 9.17) is 0 Å². The highest BCUT2D eigenvalue weighted by molar-refractivity contribution is 5.89. The fourth-order valence-corrected chi connectivity index (χ4v) is 6.52. The third kappa shape index (κ3) is 3.95. The van der Waals surface area contributed by atoms with E-state index in [-0.39, 0.29) is 29.1 Å². The van der Waals surface area contributed by atoms with Gasteiger partial charge >= 0.3 is 0 Å². The SMILES string of the molecule is CC(C(=O)N1C[C@@H]2C(=O)CCC(c3ccccc3)(c3ccccc3)[C@@H]2C1)c1ccccc1N(C)C. The minimum Gasteiger partial charge on any atom is -0.377 e. The normalized spacial score (nSPS) is 21.9. The molecule has 1 saturated carbocycles. The van der Waals surface area contributed by atoms with Crippen molar-refractivity contribution in [3.63, 3.8) is 0 Å². The van der Waals surface area contributed by atoms with E-state index in [2.05, 4.69) is 59.5 Å². The number of benzene rings is 3. The Morgan fingerprint density at radius 3 is 2.06 bits per heavy atom. The highest BCUT2D eigenvalue weighted by atomic mass is 16.2. The third-order valence-electron chi connectivity index (χ3n) is 8.28. The fourth-order valence-electron chi connectivity index (χ4n) is 6.52. The van der Waals surface area contributed by atoms with Crippen LogP contribution < -0.4 is 4.90 Å². The van der Waals surface area contributed by atoms with Gasteiger partial charge in [-0.1, -0.05) is 78.9 Å². The highest BCUT2D eigenvalue weighted by Gasteiger charge is 2.55. The van der Waals surface area contributed by atoms with Gasteiger partial charge in [-0.05, 0) is 36.1 Å². The van der Waals surface area contributed by atoms with Crippen molar-refractivity contribution in [3.8, 4) is 0 Å². The molecule has 0 bridgehead atoms. The number of nitrogens with zero attached hydrogens (tertiary/aromatic N) is 2. The second-order valence-corrected chi connectivity index (χ2v) is 10.3. The summed E-state index contributed by atoms with van der Waals surface area (Å²) < 4.78 is 0. The standard InChI is InChI=1S/C31H34N2O2/c1-22(25-16-10-11-17-28(25)32(2)3)30(35)33-20-26-27(21-33)31(19-18-29(26)34,23-12-6-4-7-13-23)24-14-8-5-9-15-24/h4-17,22,26-27H,18-21H2,1-3H3/t22?,26-,27+/m0/s1. The Labute approximate surface area is 208 Å². The molecule has 3 aromatic carbocycles. The second kappa shape index (κ2) is 9.33. The lowest BCUT2D eigenvalue weighted by atomic mass is 9.56. The molecule has 1 saturated heterocycles. The van der Waals surface area contributed by atoms with E-state index >= 15 is 0 Å². The molecule has 1 aliphatic carbocycles.